The normalized spacial score (nSPS) is 17.6. The Bertz CT molecular complexity index is 243. The minimum absolute atomic E-state index is 0.0690. The van der Waals surface area contributed by atoms with Crippen molar-refractivity contribution in [2.45, 2.75) is 25.4 Å². The maximum Gasteiger partial charge on any atom is 0.234 e. The zero-order valence-electron chi connectivity index (χ0n) is 11.9. The molecule has 0 aromatic rings. The van der Waals surface area contributed by atoms with Crippen LogP contribution in [0.4, 0.5) is 0 Å². The van der Waals surface area contributed by atoms with E-state index >= 15 is 0 Å². The van der Waals surface area contributed by atoms with Crippen molar-refractivity contribution in [3.05, 3.63) is 0 Å². The lowest BCUT2D eigenvalue weighted by atomic mass is 10.1. The Morgan fingerprint density at radius 3 is 2.74 bits per heavy atom. The zero-order valence-corrected chi connectivity index (χ0v) is 11.9. The van der Waals surface area contributed by atoms with Crippen LogP contribution in [0.25, 0.3) is 0 Å². The molecule has 1 aliphatic heterocycles. The Balaban J connectivity index is 2.07. The van der Waals surface area contributed by atoms with Crippen molar-refractivity contribution in [1.29, 1.82) is 0 Å². The molecule has 0 radical (unpaired) electrons. The van der Waals surface area contributed by atoms with Crippen molar-refractivity contribution in [3.8, 4) is 0 Å². The summed E-state index contributed by atoms with van der Waals surface area (Å²) >= 11 is 0. The van der Waals surface area contributed by atoms with Gasteiger partial charge in [0.15, 0.2) is 0 Å². The number of hydrogen-bond acceptors (Lipinski definition) is 5. The minimum Gasteiger partial charge on any atom is -0.383 e. The summed E-state index contributed by atoms with van der Waals surface area (Å²) in [5.74, 6) is 0.0690. The van der Waals surface area contributed by atoms with E-state index in [4.69, 9.17) is 15.2 Å². The van der Waals surface area contributed by atoms with Gasteiger partial charge >= 0.3 is 0 Å². The Morgan fingerprint density at radius 2 is 2.11 bits per heavy atom. The number of amides is 1. The highest BCUT2D eigenvalue weighted by Gasteiger charge is 2.20. The highest BCUT2D eigenvalue weighted by atomic mass is 16.5. The topological polar surface area (TPSA) is 76.8 Å². The molecule has 0 atom stereocenters. The second-order valence-corrected chi connectivity index (χ2v) is 4.83. The van der Waals surface area contributed by atoms with Gasteiger partial charge in [0.05, 0.1) is 19.3 Å². The molecule has 3 N–H and O–H groups in total. The van der Waals surface area contributed by atoms with E-state index in [1.165, 1.54) is 0 Å². The average molecular weight is 273 g/mol. The molecule has 1 saturated heterocycles. The molecule has 1 heterocycles. The molecular weight excluding hydrogens is 246 g/mol. The lowest BCUT2D eigenvalue weighted by Crippen LogP contribution is -2.43. The van der Waals surface area contributed by atoms with Gasteiger partial charge in [-0.25, -0.2) is 0 Å². The van der Waals surface area contributed by atoms with Crippen molar-refractivity contribution in [1.82, 2.24) is 10.2 Å². The van der Waals surface area contributed by atoms with Gasteiger partial charge in [0.2, 0.25) is 5.91 Å². The number of piperidine rings is 1. The van der Waals surface area contributed by atoms with Crippen LogP contribution in [0.5, 0.6) is 0 Å². The lowest BCUT2D eigenvalue weighted by Gasteiger charge is -2.31. The molecule has 0 saturated carbocycles. The van der Waals surface area contributed by atoms with Gasteiger partial charge in [0.25, 0.3) is 0 Å². The number of likely N-dealkylation sites (tertiary alicyclic amines) is 1. The molecule has 6 nitrogen and oxygen atoms in total. The molecule has 1 fully saturated rings. The third-order valence-corrected chi connectivity index (χ3v) is 3.23. The van der Waals surface area contributed by atoms with E-state index in [1.54, 1.807) is 7.11 Å². The summed E-state index contributed by atoms with van der Waals surface area (Å²) in [4.78, 5) is 13.8. The molecule has 1 aliphatic rings. The Labute approximate surface area is 115 Å². The van der Waals surface area contributed by atoms with E-state index in [1.807, 2.05) is 0 Å². The van der Waals surface area contributed by atoms with E-state index in [9.17, 15) is 4.79 Å². The fraction of sp³-hybridized carbons (Fsp3) is 0.923. The van der Waals surface area contributed by atoms with Crippen molar-refractivity contribution >= 4 is 5.91 Å². The molecule has 1 rings (SSSR count). The molecular formula is C13H27N3O3. The largest absolute Gasteiger partial charge is 0.383 e. The van der Waals surface area contributed by atoms with Crippen molar-refractivity contribution in [2.24, 2.45) is 5.73 Å². The number of nitrogens with two attached hydrogens (primary N) is 1. The van der Waals surface area contributed by atoms with Gasteiger partial charge in [-0.1, -0.05) is 0 Å². The summed E-state index contributed by atoms with van der Waals surface area (Å²) in [6.45, 7) is 4.88. The van der Waals surface area contributed by atoms with E-state index < -0.39 is 0 Å². The van der Waals surface area contributed by atoms with Gasteiger partial charge < -0.3 is 20.5 Å². The van der Waals surface area contributed by atoms with Gasteiger partial charge in [-0.3, -0.25) is 9.69 Å². The van der Waals surface area contributed by atoms with E-state index in [-0.39, 0.29) is 5.91 Å². The maximum atomic E-state index is 11.6. The van der Waals surface area contributed by atoms with Crippen LogP contribution in [-0.2, 0) is 14.3 Å². The third kappa shape index (κ3) is 7.47. The summed E-state index contributed by atoms with van der Waals surface area (Å²) < 4.78 is 10.6. The van der Waals surface area contributed by atoms with Gasteiger partial charge in [-0.15, -0.1) is 0 Å². The van der Waals surface area contributed by atoms with Crippen LogP contribution in [0.1, 0.15) is 19.3 Å². The van der Waals surface area contributed by atoms with Crippen molar-refractivity contribution < 1.29 is 14.3 Å². The lowest BCUT2D eigenvalue weighted by molar-refractivity contribution is -0.123. The van der Waals surface area contributed by atoms with Gasteiger partial charge in [0.1, 0.15) is 0 Å². The van der Waals surface area contributed by atoms with Crippen LogP contribution in [0, 0.1) is 0 Å². The highest BCUT2D eigenvalue weighted by molar-refractivity contribution is 5.77. The molecule has 0 unspecified atom stereocenters. The number of ether oxygens (including phenoxy) is 2. The standard InChI is InChI=1S/C13H27N3O3/c1-18-10-6-15-13(17)11-16-7-3-12(4-8-16)19-9-2-5-14/h12H,2-11,14H2,1H3,(H,15,17). The number of nitrogens with one attached hydrogen (secondary N) is 1. The molecule has 6 heteroatoms. The van der Waals surface area contributed by atoms with E-state index in [0.29, 0.717) is 32.3 Å². The molecule has 0 aromatic heterocycles. The molecule has 0 aliphatic carbocycles. The number of carbonyl (C=O) groups is 1. The fourth-order valence-electron chi connectivity index (χ4n) is 2.12. The summed E-state index contributed by atoms with van der Waals surface area (Å²) in [6.07, 6.45) is 3.24. The van der Waals surface area contributed by atoms with Gasteiger partial charge in [-0.2, -0.15) is 0 Å². The zero-order chi connectivity index (χ0) is 13.9. The Morgan fingerprint density at radius 1 is 1.37 bits per heavy atom. The van der Waals surface area contributed by atoms with E-state index in [0.717, 1.165) is 39.0 Å². The number of rotatable bonds is 9. The number of hydrogen-bond donors (Lipinski definition) is 2. The van der Waals surface area contributed by atoms with Crippen LogP contribution >= 0.6 is 0 Å². The molecule has 19 heavy (non-hydrogen) atoms. The summed E-state index contributed by atoms with van der Waals surface area (Å²) in [5, 5.41) is 2.83. The number of carbonyl (C=O) groups excluding carboxylic acids is 1. The highest BCUT2D eigenvalue weighted by Crippen LogP contribution is 2.13. The van der Waals surface area contributed by atoms with Crippen LogP contribution in [0.15, 0.2) is 0 Å². The average Bonchev–Trinajstić information content (AvgIpc) is 2.41. The predicted molar refractivity (Wildman–Crippen MR) is 74.0 cm³/mol. The first-order valence-corrected chi connectivity index (χ1v) is 7.06. The first-order chi connectivity index (χ1) is 9.26. The first kappa shape index (κ1) is 16.4. The SMILES string of the molecule is COCCNC(=O)CN1CCC(OCCCN)CC1. The predicted octanol–water partition coefficient (Wildman–Crippen LogP) is -0.421. The smallest absolute Gasteiger partial charge is 0.234 e. The van der Waals surface area contributed by atoms with Crippen molar-refractivity contribution in [2.75, 3.05) is 53.0 Å². The van der Waals surface area contributed by atoms with Gasteiger partial charge in [-0.05, 0) is 25.8 Å². The van der Waals surface area contributed by atoms with Crippen molar-refractivity contribution in [3.63, 3.8) is 0 Å². The monoisotopic (exact) mass is 273 g/mol. The summed E-state index contributed by atoms with van der Waals surface area (Å²) in [7, 11) is 1.63. The molecule has 0 bridgehead atoms. The molecule has 112 valence electrons. The van der Waals surface area contributed by atoms with Crippen LogP contribution in [0.2, 0.25) is 0 Å². The Hall–Kier alpha value is -0.690. The van der Waals surface area contributed by atoms with Gasteiger partial charge in [0, 0.05) is 33.4 Å². The van der Waals surface area contributed by atoms with Crippen LogP contribution in [0.3, 0.4) is 0 Å². The second kappa shape index (κ2) is 10.1. The molecule has 0 aromatic carbocycles. The number of methoxy groups -OCH3 is 1. The summed E-state index contributed by atoms with van der Waals surface area (Å²) in [6, 6.07) is 0. The van der Waals surface area contributed by atoms with E-state index in [2.05, 4.69) is 10.2 Å². The van der Waals surface area contributed by atoms with Crippen LogP contribution in [-0.4, -0.2) is 70.0 Å². The molecule has 1 amide bonds. The second-order valence-electron chi connectivity index (χ2n) is 4.83. The maximum absolute atomic E-state index is 11.6. The summed E-state index contributed by atoms with van der Waals surface area (Å²) in [5.41, 5.74) is 5.43. The van der Waals surface area contributed by atoms with Crippen LogP contribution < -0.4 is 11.1 Å². The first-order valence-electron chi connectivity index (χ1n) is 7.06. The third-order valence-electron chi connectivity index (χ3n) is 3.23. The fourth-order valence-corrected chi connectivity index (χ4v) is 2.12. The minimum atomic E-state index is 0.0690. The Kier molecular flexibility index (Phi) is 8.73. The number of nitrogens with zero attached hydrogens (tertiary/aromatic N) is 1. The molecule has 0 spiro atoms. The quantitative estimate of drug-likeness (QED) is 0.558.